The third kappa shape index (κ3) is 3.29. The number of nitrogens with zero attached hydrogens (tertiary/aromatic N) is 1. The molecule has 1 aliphatic heterocycles. The van der Waals surface area contributed by atoms with E-state index in [9.17, 15) is 14.7 Å². The number of amides is 2. The molecule has 2 N–H and O–H groups in total. The number of hydrogen-bond acceptors (Lipinski definition) is 2. The Morgan fingerprint density at radius 2 is 2.10 bits per heavy atom. The summed E-state index contributed by atoms with van der Waals surface area (Å²) in [6, 6.07) is 4.51. The Hall–Kier alpha value is -1.75. The standard InChI is InChI=1S/C15H19ClN2O3/c1-9-5-4-8-18(10(9)2)15(21)17-12-7-3-6-11(16)13(12)14(19)20/h3,6-7,9-10H,4-5,8H2,1-2H3,(H,17,21)(H,19,20). The second-order valence-corrected chi connectivity index (χ2v) is 5.86. The maximum atomic E-state index is 12.4. The number of anilines is 1. The highest BCUT2D eigenvalue weighted by Crippen LogP contribution is 2.27. The van der Waals surface area contributed by atoms with Crippen LogP contribution in [-0.2, 0) is 0 Å². The van der Waals surface area contributed by atoms with E-state index in [1.54, 1.807) is 17.0 Å². The first-order valence-electron chi connectivity index (χ1n) is 7.01. The summed E-state index contributed by atoms with van der Waals surface area (Å²) in [4.78, 5) is 25.4. The van der Waals surface area contributed by atoms with Crippen LogP contribution in [0, 0.1) is 5.92 Å². The molecule has 2 atom stereocenters. The zero-order chi connectivity index (χ0) is 15.6. The number of carboxylic acid groups (broad SMARTS) is 1. The first-order chi connectivity index (χ1) is 9.91. The van der Waals surface area contributed by atoms with Gasteiger partial charge in [0.05, 0.1) is 10.7 Å². The molecule has 1 aromatic rings. The summed E-state index contributed by atoms with van der Waals surface area (Å²) in [5.41, 5.74) is 0.149. The summed E-state index contributed by atoms with van der Waals surface area (Å²) >= 11 is 5.90. The van der Waals surface area contributed by atoms with Gasteiger partial charge in [-0.1, -0.05) is 24.6 Å². The molecule has 0 aliphatic carbocycles. The van der Waals surface area contributed by atoms with Crippen molar-refractivity contribution in [3.63, 3.8) is 0 Å². The predicted octanol–water partition coefficient (Wildman–Crippen LogP) is 3.69. The summed E-state index contributed by atoms with van der Waals surface area (Å²) in [5, 5.41) is 12.0. The molecule has 0 radical (unpaired) electrons. The van der Waals surface area contributed by atoms with E-state index in [4.69, 9.17) is 11.6 Å². The second kappa shape index (κ2) is 6.35. The van der Waals surface area contributed by atoms with Crippen molar-refractivity contribution in [2.75, 3.05) is 11.9 Å². The number of aromatic carboxylic acids is 1. The highest BCUT2D eigenvalue weighted by Gasteiger charge is 2.29. The topological polar surface area (TPSA) is 69.6 Å². The molecular weight excluding hydrogens is 292 g/mol. The molecule has 0 saturated carbocycles. The summed E-state index contributed by atoms with van der Waals surface area (Å²) in [6.45, 7) is 4.81. The molecule has 2 amide bonds. The van der Waals surface area contributed by atoms with Crippen LogP contribution in [0.3, 0.4) is 0 Å². The molecule has 2 rings (SSSR count). The Morgan fingerprint density at radius 1 is 1.38 bits per heavy atom. The van der Waals surface area contributed by atoms with Gasteiger partial charge in [-0.3, -0.25) is 0 Å². The number of nitrogens with one attached hydrogen (secondary N) is 1. The third-order valence-corrected chi connectivity index (χ3v) is 4.42. The molecule has 0 aromatic heterocycles. The van der Waals surface area contributed by atoms with Crippen LogP contribution in [0.1, 0.15) is 37.0 Å². The van der Waals surface area contributed by atoms with E-state index >= 15 is 0 Å². The number of carboxylic acids is 1. The van der Waals surface area contributed by atoms with Crippen LogP contribution in [-0.4, -0.2) is 34.6 Å². The van der Waals surface area contributed by atoms with Crippen molar-refractivity contribution < 1.29 is 14.7 Å². The van der Waals surface area contributed by atoms with Crippen molar-refractivity contribution in [2.24, 2.45) is 5.92 Å². The van der Waals surface area contributed by atoms with E-state index in [-0.39, 0.29) is 28.3 Å². The zero-order valence-electron chi connectivity index (χ0n) is 12.1. The fourth-order valence-electron chi connectivity index (χ4n) is 2.65. The SMILES string of the molecule is CC1CCCN(C(=O)Nc2cccc(Cl)c2C(=O)O)C1C. The van der Waals surface area contributed by atoms with Gasteiger partial charge >= 0.3 is 12.0 Å². The average Bonchev–Trinajstić information content (AvgIpc) is 2.41. The van der Waals surface area contributed by atoms with Gasteiger partial charge in [0.1, 0.15) is 5.56 Å². The summed E-state index contributed by atoms with van der Waals surface area (Å²) < 4.78 is 0. The molecule has 1 heterocycles. The smallest absolute Gasteiger partial charge is 0.339 e. The number of benzene rings is 1. The fourth-order valence-corrected chi connectivity index (χ4v) is 2.91. The molecule has 2 unspecified atom stereocenters. The van der Waals surface area contributed by atoms with Crippen molar-refractivity contribution in [2.45, 2.75) is 32.7 Å². The zero-order valence-corrected chi connectivity index (χ0v) is 12.9. The highest BCUT2D eigenvalue weighted by molar-refractivity contribution is 6.34. The Bertz CT molecular complexity index is 562. The normalized spacial score (nSPS) is 22.0. The molecular formula is C15H19ClN2O3. The molecule has 1 saturated heterocycles. The molecule has 1 fully saturated rings. The minimum absolute atomic E-state index is 0.0785. The number of carbonyl (C=O) groups is 2. The van der Waals surface area contributed by atoms with Crippen molar-refractivity contribution in [1.82, 2.24) is 4.90 Å². The molecule has 1 aromatic carbocycles. The minimum atomic E-state index is -1.16. The van der Waals surface area contributed by atoms with Crippen LogP contribution >= 0.6 is 11.6 Å². The van der Waals surface area contributed by atoms with Gasteiger partial charge in [0.15, 0.2) is 0 Å². The van der Waals surface area contributed by atoms with Gasteiger partial charge in [-0.2, -0.15) is 0 Å². The summed E-state index contributed by atoms with van der Waals surface area (Å²) in [5.74, 6) is -0.723. The van der Waals surface area contributed by atoms with E-state index < -0.39 is 5.97 Å². The van der Waals surface area contributed by atoms with Gasteiger partial charge in [-0.25, -0.2) is 9.59 Å². The van der Waals surface area contributed by atoms with Gasteiger partial charge in [0, 0.05) is 12.6 Å². The van der Waals surface area contributed by atoms with Crippen LogP contribution in [0.4, 0.5) is 10.5 Å². The average molecular weight is 311 g/mol. The number of urea groups is 1. The Balaban J connectivity index is 2.20. The number of likely N-dealkylation sites (tertiary alicyclic amines) is 1. The van der Waals surface area contributed by atoms with Crippen molar-refractivity contribution >= 4 is 29.3 Å². The van der Waals surface area contributed by atoms with Gasteiger partial charge in [0.2, 0.25) is 0 Å². The highest BCUT2D eigenvalue weighted by atomic mass is 35.5. The van der Waals surface area contributed by atoms with Crippen LogP contribution in [0.2, 0.25) is 5.02 Å². The maximum absolute atomic E-state index is 12.4. The van der Waals surface area contributed by atoms with Gasteiger partial charge in [0.25, 0.3) is 0 Å². The van der Waals surface area contributed by atoms with E-state index in [2.05, 4.69) is 12.2 Å². The second-order valence-electron chi connectivity index (χ2n) is 5.45. The first kappa shape index (κ1) is 15.6. The number of hydrogen-bond donors (Lipinski definition) is 2. The minimum Gasteiger partial charge on any atom is -0.478 e. The van der Waals surface area contributed by atoms with Crippen molar-refractivity contribution in [1.29, 1.82) is 0 Å². The van der Waals surface area contributed by atoms with E-state index in [1.165, 1.54) is 6.07 Å². The number of piperidine rings is 1. The van der Waals surface area contributed by atoms with Crippen molar-refractivity contribution in [3.05, 3.63) is 28.8 Å². The van der Waals surface area contributed by atoms with Crippen molar-refractivity contribution in [3.8, 4) is 0 Å². The lowest BCUT2D eigenvalue weighted by molar-refractivity contribution is 0.0698. The maximum Gasteiger partial charge on any atom is 0.339 e. The van der Waals surface area contributed by atoms with Crippen LogP contribution in [0.25, 0.3) is 0 Å². The lowest BCUT2D eigenvalue weighted by atomic mass is 9.92. The van der Waals surface area contributed by atoms with Gasteiger partial charge in [-0.15, -0.1) is 0 Å². The Labute approximate surface area is 128 Å². The summed E-state index contributed by atoms with van der Waals surface area (Å²) in [6.07, 6.45) is 2.06. The fraction of sp³-hybridized carbons (Fsp3) is 0.467. The molecule has 5 nitrogen and oxygen atoms in total. The number of rotatable bonds is 2. The molecule has 1 aliphatic rings. The predicted molar refractivity (Wildman–Crippen MR) is 82.0 cm³/mol. The van der Waals surface area contributed by atoms with E-state index in [0.29, 0.717) is 12.5 Å². The molecule has 0 spiro atoms. The Kier molecular flexibility index (Phi) is 4.73. The molecule has 114 valence electrons. The van der Waals surface area contributed by atoms with Crippen LogP contribution < -0.4 is 5.32 Å². The molecule has 6 heteroatoms. The van der Waals surface area contributed by atoms with Gasteiger partial charge < -0.3 is 15.3 Å². The first-order valence-corrected chi connectivity index (χ1v) is 7.39. The van der Waals surface area contributed by atoms with Crippen LogP contribution in [0.15, 0.2) is 18.2 Å². The lowest BCUT2D eigenvalue weighted by Gasteiger charge is -2.37. The van der Waals surface area contributed by atoms with Crippen LogP contribution in [0.5, 0.6) is 0 Å². The Morgan fingerprint density at radius 3 is 2.76 bits per heavy atom. The molecule has 21 heavy (non-hydrogen) atoms. The largest absolute Gasteiger partial charge is 0.478 e. The quantitative estimate of drug-likeness (QED) is 0.875. The summed E-state index contributed by atoms with van der Waals surface area (Å²) in [7, 11) is 0. The van der Waals surface area contributed by atoms with E-state index in [0.717, 1.165) is 12.8 Å². The van der Waals surface area contributed by atoms with Gasteiger partial charge in [-0.05, 0) is 37.8 Å². The number of carbonyl (C=O) groups excluding carboxylic acids is 1. The lowest BCUT2D eigenvalue weighted by Crippen LogP contribution is -2.48. The third-order valence-electron chi connectivity index (χ3n) is 4.10. The molecule has 0 bridgehead atoms. The van der Waals surface area contributed by atoms with E-state index in [1.807, 2.05) is 6.92 Å². The number of halogens is 1. The monoisotopic (exact) mass is 310 g/mol.